The Kier molecular flexibility index (Phi) is 3.08. The molecule has 0 spiro atoms. The van der Waals surface area contributed by atoms with Crippen molar-refractivity contribution in [1.82, 2.24) is 4.98 Å². The molecular weight excluding hydrogens is 311 g/mol. The van der Waals surface area contributed by atoms with Gasteiger partial charge in [-0.3, -0.25) is 4.98 Å². The third kappa shape index (κ3) is 2.27. The van der Waals surface area contributed by atoms with E-state index in [1.54, 1.807) is 6.07 Å². The second kappa shape index (κ2) is 4.75. The lowest BCUT2D eigenvalue weighted by atomic mass is 10.1. The number of hydrogen-bond acceptors (Lipinski definition) is 3. The highest BCUT2D eigenvalue weighted by Crippen LogP contribution is 2.30. The quantitative estimate of drug-likeness (QED) is 0.781. The Morgan fingerprint density at radius 1 is 1.26 bits per heavy atom. The second-order valence-electron chi connectivity index (χ2n) is 4.19. The molecule has 19 heavy (non-hydrogen) atoms. The third-order valence-electron chi connectivity index (χ3n) is 2.89. The molecule has 0 saturated carbocycles. The van der Waals surface area contributed by atoms with Crippen LogP contribution in [0, 0.1) is 5.82 Å². The van der Waals surface area contributed by atoms with Crippen LogP contribution in [0.25, 0.3) is 11.0 Å². The number of furan rings is 1. The molecule has 0 aliphatic heterocycles. The van der Waals surface area contributed by atoms with Gasteiger partial charge < -0.3 is 10.2 Å². The average molecular weight is 321 g/mol. The number of para-hydroxylation sites is 1. The highest BCUT2D eigenvalue weighted by Gasteiger charge is 2.16. The zero-order valence-electron chi connectivity index (χ0n) is 9.81. The molecule has 0 aliphatic carbocycles. The third-order valence-corrected chi connectivity index (χ3v) is 3.52. The summed E-state index contributed by atoms with van der Waals surface area (Å²) in [5.41, 5.74) is 7.40. The molecule has 96 valence electrons. The van der Waals surface area contributed by atoms with Crippen molar-refractivity contribution in [3.8, 4) is 0 Å². The fourth-order valence-corrected chi connectivity index (χ4v) is 2.38. The standard InChI is InChI=1S/C14H10BrFN2O/c15-10-3-1-2-8-6-12(19-14(8)10)13(17)11-5-4-9(16)7-18-11/h1-7,13H,17H2. The van der Waals surface area contributed by atoms with E-state index in [0.29, 0.717) is 11.5 Å². The average Bonchev–Trinajstić information content (AvgIpc) is 2.84. The SMILES string of the molecule is NC(c1ccc(F)cn1)c1cc2cccc(Br)c2o1. The molecule has 1 atom stereocenters. The number of rotatable bonds is 2. The minimum atomic E-state index is -0.514. The van der Waals surface area contributed by atoms with Gasteiger partial charge in [0.15, 0.2) is 0 Å². The van der Waals surface area contributed by atoms with Crippen molar-refractivity contribution < 1.29 is 8.81 Å². The monoisotopic (exact) mass is 320 g/mol. The molecule has 5 heteroatoms. The summed E-state index contributed by atoms with van der Waals surface area (Å²) >= 11 is 3.43. The molecule has 0 radical (unpaired) electrons. The van der Waals surface area contributed by atoms with Gasteiger partial charge >= 0.3 is 0 Å². The van der Waals surface area contributed by atoms with Crippen molar-refractivity contribution in [3.05, 3.63) is 64.3 Å². The second-order valence-corrected chi connectivity index (χ2v) is 5.04. The lowest BCUT2D eigenvalue weighted by Gasteiger charge is -2.07. The zero-order chi connectivity index (χ0) is 13.4. The topological polar surface area (TPSA) is 52.0 Å². The van der Waals surface area contributed by atoms with Crippen LogP contribution < -0.4 is 5.73 Å². The Morgan fingerprint density at radius 3 is 2.79 bits per heavy atom. The molecule has 0 amide bonds. The number of nitrogens with zero attached hydrogens (tertiary/aromatic N) is 1. The van der Waals surface area contributed by atoms with E-state index in [1.165, 1.54) is 6.07 Å². The van der Waals surface area contributed by atoms with Gasteiger partial charge in [0.05, 0.1) is 16.4 Å². The first-order valence-corrected chi connectivity index (χ1v) is 6.49. The van der Waals surface area contributed by atoms with Crippen molar-refractivity contribution in [2.75, 3.05) is 0 Å². The van der Waals surface area contributed by atoms with Crippen molar-refractivity contribution >= 4 is 26.9 Å². The summed E-state index contributed by atoms with van der Waals surface area (Å²) in [5, 5.41) is 0.960. The Labute approximate surface area is 117 Å². The molecule has 0 aliphatic rings. The van der Waals surface area contributed by atoms with E-state index in [4.69, 9.17) is 10.2 Å². The number of hydrogen-bond donors (Lipinski definition) is 1. The lowest BCUT2D eigenvalue weighted by molar-refractivity contribution is 0.518. The van der Waals surface area contributed by atoms with Crippen molar-refractivity contribution in [2.45, 2.75) is 6.04 Å². The van der Waals surface area contributed by atoms with E-state index in [1.807, 2.05) is 24.3 Å². The molecule has 3 aromatic rings. The van der Waals surface area contributed by atoms with Gasteiger partial charge in [-0.2, -0.15) is 0 Å². The summed E-state index contributed by atoms with van der Waals surface area (Å²) in [7, 11) is 0. The van der Waals surface area contributed by atoms with Crippen molar-refractivity contribution in [2.24, 2.45) is 5.73 Å². The van der Waals surface area contributed by atoms with E-state index in [9.17, 15) is 4.39 Å². The lowest BCUT2D eigenvalue weighted by Crippen LogP contribution is -2.12. The molecule has 0 saturated heterocycles. The Morgan fingerprint density at radius 2 is 2.11 bits per heavy atom. The number of benzene rings is 1. The number of pyridine rings is 1. The van der Waals surface area contributed by atoms with Gasteiger partial charge in [0, 0.05) is 5.39 Å². The van der Waals surface area contributed by atoms with E-state index in [0.717, 1.165) is 21.6 Å². The van der Waals surface area contributed by atoms with E-state index >= 15 is 0 Å². The van der Waals surface area contributed by atoms with Crippen LogP contribution in [0.3, 0.4) is 0 Å². The Bertz CT molecular complexity index is 724. The van der Waals surface area contributed by atoms with Crippen LogP contribution >= 0.6 is 15.9 Å². The minimum absolute atomic E-state index is 0.386. The fourth-order valence-electron chi connectivity index (χ4n) is 1.92. The minimum Gasteiger partial charge on any atom is -0.458 e. The highest BCUT2D eigenvalue weighted by atomic mass is 79.9. The first kappa shape index (κ1) is 12.3. The van der Waals surface area contributed by atoms with Crippen LogP contribution in [0.5, 0.6) is 0 Å². The molecule has 3 nitrogen and oxygen atoms in total. The van der Waals surface area contributed by atoms with Crippen LogP contribution in [-0.4, -0.2) is 4.98 Å². The smallest absolute Gasteiger partial charge is 0.148 e. The van der Waals surface area contributed by atoms with Gasteiger partial charge in [0.25, 0.3) is 0 Å². The summed E-state index contributed by atoms with van der Waals surface area (Å²) in [6, 6.07) is 10.0. The molecule has 1 unspecified atom stereocenters. The normalized spacial score (nSPS) is 12.8. The van der Waals surface area contributed by atoms with Gasteiger partial charge in [-0.25, -0.2) is 4.39 Å². The summed E-state index contributed by atoms with van der Waals surface area (Å²) in [6.07, 6.45) is 1.15. The van der Waals surface area contributed by atoms with Crippen LogP contribution in [0.2, 0.25) is 0 Å². The van der Waals surface area contributed by atoms with Crippen molar-refractivity contribution in [3.63, 3.8) is 0 Å². The Balaban J connectivity index is 2.04. The summed E-state index contributed by atoms with van der Waals surface area (Å²) in [6.45, 7) is 0. The van der Waals surface area contributed by atoms with Gasteiger partial charge in [0.1, 0.15) is 23.2 Å². The summed E-state index contributed by atoms with van der Waals surface area (Å²) < 4.78 is 19.5. The summed E-state index contributed by atoms with van der Waals surface area (Å²) in [5.74, 6) is 0.212. The van der Waals surface area contributed by atoms with Crippen LogP contribution in [0.4, 0.5) is 4.39 Å². The number of aromatic nitrogens is 1. The predicted octanol–water partition coefficient (Wildman–Crippen LogP) is 3.78. The van der Waals surface area contributed by atoms with Crippen LogP contribution in [-0.2, 0) is 0 Å². The Hall–Kier alpha value is -1.72. The first-order valence-electron chi connectivity index (χ1n) is 5.70. The van der Waals surface area contributed by atoms with Gasteiger partial charge in [-0.1, -0.05) is 12.1 Å². The van der Waals surface area contributed by atoms with E-state index < -0.39 is 6.04 Å². The molecular formula is C14H10BrFN2O. The summed E-state index contributed by atoms with van der Waals surface area (Å²) in [4.78, 5) is 3.98. The molecule has 0 bridgehead atoms. The largest absolute Gasteiger partial charge is 0.458 e. The number of fused-ring (bicyclic) bond motifs is 1. The van der Waals surface area contributed by atoms with Gasteiger partial charge in [-0.15, -0.1) is 0 Å². The maximum Gasteiger partial charge on any atom is 0.148 e. The fraction of sp³-hybridized carbons (Fsp3) is 0.0714. The molecule has 1 aromatic carbocycles. The van der Waals surface area contributed by atoms with Crippen LogP contribution in [0.15, 0.2) is 51.5 Å². The predicted molar refractivity (Wildman–Crippen MR) is 74.1 cm³/mol. The molecule has 2 heterocycles. The molecule has 2 aromatic heterocycles. The number of nitrogens with two attached hydrogens (primary N) is 1. The van der Waals surface area contributed by atoms with E-state index in [2.05, 4.69) is 20.9 Å². The zero-order valence-corrected chi connectivity index (χ0v) is 11.4. The first-order chi connectivity index (χ1) is 9.15. The molecule has 2 N–H and O–H groups in total. The van der Waals surface area contributed by atoms with E-state index in [-0.39, 0.29) is 5.82 Å². The maximum absolute atomic E-state index is 12.8. The number of halogens is 2. The molecule has 0 fully saturated rings. The maximum atomic E-state index is 12.8. The van der Waals surface area contributed by atoms with Crippen molar-refractivity contribution in [1.29, 1.82) is 0 Å². The molecule has 3 rings (SSSR count). The van der Waals surface area contributed by atoms with Gasteiger partial charge in [0.2, 0.25) is 0 Å². The highest BCUT2D eigenvalue weighted by molar-refractivity contribution is 9.10. The van der Waals surface area contributed by atoms with Gasteiger partial charge in [-0.05, 0) is 40.2 Å². The van der Waals surface area contributed by atoms with Crippen LogP contribution in [0.1, 0.15) is 17.5 Å².